The van der Waals surface area contributed by atoms with Crippen molar-refractivity contribution in [2.75, 3.05) is 0 Å². The van der Waals surface area contributed by atoms with Crippen LogP contribution in [0, 0.1) is 0 Å². The third-order valence-corrected chi connectivity index (χ3v) is 10.3. The zero-order valence-corrected chi connectivity index (χ0v) is 40.3. The SMILES string of the molecule is C(=C\c1cccc2cccc(/C=C/c3ccncc3)c12)/c1ccncc1.C(=C\c1cccc2cccc(/C=C/c3ccncc3)c12)/c1ccncc1.O=S(=O)([O-])C(F)(F)F.O=S(=O)([O-])C(F)(F)F.[Ag+].[Ag+]. The number of hydrogen-bond donors (Lipinski definition) is 0. The Morgan fingerprint density at radius 2 is 0.529 bits per heavy atom. The second kappa shape index (κ2) is 27.3. The first-order chi connectivity index (χ1) is 32.3. The molecule has 8 rings (SSSR count). The van der Waals surface area contributed by atoms with Gasteiger partial charge in [0.1, 0.15) is 0 Å². The number of aromatic nitrogens is 4. The van der Waals surface area contributed by atoms with E-state index in [0.717, 1.165) is 22.3 Å². The zero-order valence-electron chi connectivity index (χ0n) is 35.7. The Kier molecular flexibility index (Phi) is 22.7. The van der Waals surface area contributed by atoms with Gasteiger partial charge in [0.2, 0.25) is 0 Å². The van der Waals surface area contributed by atoms with Crippen LogP contribution in [0.3, 0.4) is 0 Å². The van der Waals surface area contributed by atoms with Crippen molar-refractivity contribution in [1.82, 2.24) is 19.9 Å². The molecule has 0 aliphatic rings. The topological polar surface area (TPSA) is 166 Å². The largest absolute Gasteiger partial charge is 1.00 e. The van der Waals surface area contributed by atoms with Crippen LogP contribution in [0.15, 0.2) is 171 Å². The van der Waals surface area contributed by atoms with Crippen molar-refractivity contribution in [3.63, 3.8) is 0 Å². The predicted molar refractivity (Wildman–Crippen MR) is 252 cm³/mol. The summed E-state index contributed by atoms with van der Waals surface area (Å²) in [6, 6.07) is 41.7. The Hall–Kier alpha value is -6.16. The predicted octanol–water partition coefficient (Wildman–Crippen LogP) is 12.0. The Morgan fingerprint density at radius 3 is 0.700 bits per heavy atom. The molecule has 0 N–H and O–H groups in total. The molecule has 0 bridgehead atoms. The maximum Gasteiger partial charge on any atom is 1.00 e. The molecule has 8 aromatic rings. The van der Waals surface area contributed by atoms with Crippen molar-refractivity contribution in [3.8, 4) is 0 Å². The number of halogens is 6. The van der Waals surface area contributed by atoms with Crippen LogP contribution in [-0.4, -0.2) is 56.9 Å². The van der Waals surface area contributed by atoms with E-state index in [0.29, 0.717) is 0 Å². The van der Waals surface area contributed by atoms with Crippen LogP contribution >= 0.6 is 0 Å². The molecule has 4 heterocycles. The van der Waals surface area contributed by atoms with Gasteiger partial charge in [-0.2, -0.15) is 26.3 Å². The van der Waals surface area contributed by atoms with E-state index < -0.39 is 31.3 Å². The van der Waals surface area contributed by atoms with Crippen LogP contribution in [0.5, 0.6) is 0 Å². The fourth-order valence-electron chi connectivity index (χ4n) is 6.00. The smallest absolute Gasteiger partial charge is 0.741 e. The molecule has 0 saturated heterocycles. The molecule has 70 heavy (non-hydrogen) atoms. The molecule has 0 radical (unpaired) electrons. The summed E-state index contributed by atoms with van der Waals surface area (Å²) in [6.07, 6.45) is 31.7. The maximum absolute atomic E-state index is 10.7. The summed E-state index contributed by atoms with van der Waals surface area (Å²) in [4.78, 5) is 16.3. The van der Waals surface area contributed by atoms with Crippen LogP contribution in [0.1, 0.15) is 44.5 Å². The van der Waals surface area contributed by atoms with Gasteiger partial charge in [0.25, 0.3) is 0 Å². The minimum Gasteiger partial charge on any atom is -0.741 e. The van der Waals surface area contributed by atoms with Crippen molar-refractivity contribution < 1.29 is 97.0 Å². The number of benzene rings is 4. The summed E-state index contributed by atoms with van der Waals surface area (Å²) in [5.41, 5.74) is -1.92. The molecular formula is C50H36Ag2F6N4O6S2. The van der Waals surface area contributed by atoms with E-state index >= 15 is 0 Å². The number of hydrogen-bond acceptors (Lipinski definition) is 10. The quantitative estimate of drug-likeness (QED) is 0.0618. The van der Waals surface area contributed by atoms with E-state index in [1.54, 1.807) is 0 Å². The Balaban J connectivity index is 0.000000278. The maximum atomic E-state index is 10.7. The molecule has 4 aromatic heterocycles. The monoisotopic (exact) mass is 1180 g/mol. The molecule has 0 atom stereocenters. The van der Waals surface area contributed by atoms with E-state index in [4.69, 9.17) is 25.9 Å². The summed E-state index contributed by atoms with van der Waals surface area (Å²) in [7, 11) is -12.2. The third kappa shape index (κ3) is 18.3. The minimum absolute atomic E-state index is 0. The van der Waals surface area contributed by atoms with E-state index in [9.17, 15) is 26.3 Å². The van der Waals surface area contributed by atoms with Gasteiger partial charge in [0, 0.05) is 49.6 Å². The van der Waals surface area contributed by atoms with Crippen LogP contribution < -0.4 is 0 Å². The molecule has 0 saturated carbocycles. The normalized spacial score (nSPS) is 11.8. The third-order valence-electron chi connectivity index (χ3n) is 9.15. The molecular weight excluding hydrogens is 1150 g/mol. The van der Waals surface area contributed by atoms with Gasteiger partial charge < -0.3 is 9.11 Å². The molecule has 4 aromatic carbocycles. The Morgan fingerprint density at radius 1 is 0.343 bits per heavy atom. The molecule has 0 amide bonds. The van der Waals surface area contributed by atoms with Gasteiger partial charge in [-0.25, -0.2) is 16.8 Å². The Bertz CT molecular complexity index is 2870. The van der Waals surface area contributed by atoms with Gasteiger partial charge in [0.15, 0.2) is 20.2 Å². The van der Waals surface area contributed by atoms with Crippen LogP contribution in [0.2, 0.25) is 0 Å². The summed E-state index contributed by atoms with van der Waals surface area (Å²) in [6.45, 7) is 0. The van der Waals surface area contributed by atoms with E-state index in [-0.39, 0.29) is 44.8 Å². The van der Waals surface area contributed by atoms with Crippen molar-refractivity contribution in [2.24, 2.45) is 0 Å². The van der Waals surface area contributed by atoms with Gasteiger partial charge >= 0.3 is 55.8 Å². The molecule has 0 spiro atoms. The van der Waals surface area contributed by atoms with E-state index in [2.05, 4.69) is 141 Å². The van der Waals surface area contributed by atoms with Crippen molar-refractivity contribution in [1.29, 1.82) is 0 Å². The molecule has 0 fully saturated rings. The molecule has 0 unspecified atom stereocenters. The standard InChI is InChI=1S/2C24H18N2.2CHF3O3S.2Ag/c2*1-3-21-4-2-6-23(10-8-20-13-17-26-18-14-20)24(21)22(5-1)9-7-19-11-15-25-16-12-19;2*2-1(3,4)8(5,6)7;;/h2*1-18H;2*(H,5,6,7);;/q;;;;2*+1/p-2/b2*9-7+,10-8+;;;;. The molecule has 20 heteroatoms. The van der Waals surface area contributed by atoms with Crippen LogP contribution in [0.4, 0.5) is 26.3 Å². The molecule has 10 nitrogen and oxygen atoms in total. The van der Waals surface area contributed by atoms with E-state index in [1.165, 1.54) is 43.8 Å². The van der Waals surface area contributed by atoms with Crippen molar-refractivity contribution >= 4 is 90.4 Å². The summed E-state index contributed by atoms with van der Waals surface area (Å²) >= 11 is 0. The van der Waals surface area contributed by atoms with Crippen LogP contribution in [-0.2, 0) is 65.0 Å². The summed E-state index contributed by atoms with van der Waals surface area (Å²) in [5.74, 6) is 0. The first-order valence-electron chi connectivity index (χ1n) is 19.7. The van der Waals surface area contributed by atoms with Gasteiger partial charge in [-0.15, -0.1) is 0 Å². The van der Waals surface area contributed by atoms with E-state index in [1.807, 2.05) is 98.1 Å². The van der Waals surface area contributed by atoms with Crippen LogP contribution in [0.25, 0.3) is 70.2 Å². The zero-order chi connectivity index (χ0) is 49.2. The summed E-state index contributed by atoms with van der Waals surface area (Å²) < 4.78 is 118. The summed E-state index contributed by atoms with van der Waals surface area (Å²) in [5, 5.41) is 4.98. The van der Waals surface area contributed by atoms with Crippen molar-refractivity contribution in [3.05, 3.63) is 215 Å². The van der Waals surface area contributed by atoms with Gasteiger partial charge in [-0.1, -0.05) is 121 Å². The number of rotatable bonds is 8. The molecule has 0 aliphatic heterocycles. The fourth-order valence-corrected chi connectivity index (χ4v) is 6.00. The number of pyridine rings is 4. The second-order valence-corrected chi connectivity index (χ2v) is 16.6. The van der Waals surface area contributed by atoms with Crippen molar-refractivity contribution in [2.45, 2.75) is 11.0 Å². The van der Waals surface area contributed by atoms with Gasteiger partial charge in [0.05, 0.1) is 0 Å². The average molecular weight is 1180 g/mol. The number of fused-ring (bicyclic) bond motifs is 2. The first-order valence-corrected chi connectivity index (χ1v) is 22.5. The number of nitrogens with zero attached hydrogens (tertiary/aromatic N) is 4. The molecule has 0 aliphatic carbocycles. The minimum atomic E-state index is -6.09. The molecule has 368 valence electrons. The van der Waals surface area contributed by atoms with Gasteiger partial charge in [-0.3, -0.25) is 19.9 Å². The Labute approximate surface area is 430 Å². The van der Waals surface area contributed by atoms with Gasteiger partial charge in [-0.05, 0) is 115 Å². The fraction of sp³-hybridized carbons (Fsp3) is 0.0400. The second-order valence-electron chi connectivity index (χ2n) is 13.8. The number of alkyl halides is 6. The first kappa shape index (κ1) is 58.2. The average Bonchev–Trinajstić information content (AvgIpc) is 3.32.